The highest BCUT2D eigenvalue weighted by Gasteiger charge is 2.30. The molecule has 0 aromatic heterocycles. The summed E-state index contributed by atoms with van der Waals surface area (Å²) >= 11 is 3.34. The zero-order chi connectivity index (χ0) is 20.7. The third-order valence-corrected chi connectivity index (χ3v) is 5.60. The molecule has 30 heavy (non-hydrogen) atoms. The SMILES string of the molecule is Nc1ccc(C2=NN(CC3CC(Br)=NO3)C(=O)Cc3cc4c(cc32)OCCO4)cc1. The summed E-state index contributed by atoms with van der Waals surface area (Å²) in [5.74, 6) is 1.18. The van der Waals surface area contributed by atoms with Gasteiger partial charge in [-0.2, -0.15) is 5.10 Å². The largest absolute Gasteiger partial charge is 0.486 e. The molecular weight excluding hydrogens is 452 g/mol. The molecule has 0 bridgehead atoms. The van der Waals surface area contributed by atoms with Gasteiger partial charge in [0.2, 0.25) is 5.91 Å². The molecule has 1 atom stereocenters. The van der Waals surface area contributed by atoms with Crippen LogP contribution in [0.15, 0.2) is 46.7 Å². The standard InChI is InChI=1S/C21H19BrN4O4/c22-19-9-15(30-25-19)11-26-20(27)8-13-7-17-18(29-6-5-28-17)10-16(13)21(24-26)12-1-3-14(23)4-2-12/h1-4,7,10,15H,5-6,8-9,11,23H2. The summed E-state index contributed by atoms with van der Waals surface area (Å²) < 4.78 is 12.2. The van der Waals surface area contributed by atoms with E-state index >= 15 is 0 Å². The molecule has 8 nitrogen and oxygen atoms in total. The van der Waals surface area contributed by atoms with E-state index in [9.17, 15) is 4.79 Å². The summed E-state index contributed by atoms with van der Waals surface area (Å²) in [5.41, 5.74) is 9.73. The van der Waals surface area contributed by atoms with Gasteiger partial charge in [0.25, 0.3) is 0 Å². The number of hydrogen-bond donors (Lipinski definition) is 1. The van der Waals surface area contributed by atoms with Gasteiger partial charge in [-0.25, -0.2) is 5.01 Å². The quantitative estimate of drug-likeness (QED) is 0.695. The molecule has 5 rings (SSSR count). The number of ether oxygens (including phenoxy) is 2. The molecular formula is C21H19BrN4O4. The number of anilines is 1. The molecule has 154 valence electrons. The first-order valence-corrected chi connectivity index (χ1v) is 10.4. The van der Waals surface area contributed by atoms with Crippen molar-refractivity contribution in [2.45, 2.75) is 18.9 Å². The Kier molecular flexibility index (Phi) is 4.82. The number of benzene rings is 2. The summed E-state index contributed by atoms with van der Waals surface area (Å²) in [6.45, 7) is 1.27. The van der Waals surface area contributed by atoms with Crippen LogP contribution in [0.5, 0.6) is 11.5 Å². The van der Waals surface area contributed by atoms with Gasteiger partial charge in [0.05, 0.1) is 18.7 Å². The van der Waals surface area contributed by atoms with Gasteiger partial charge in [-0.15, -0.1) is 0 Å². The number of oxime groups is 1. The van der Waals surface area contributed by atoms with E-state index in [1.54, 1.807) is 0 Å². The number of rotatable bonds is 3. The van der Waals surface area contributed by atoms with E-state index in [0.29, 0.717) is 49.1 Å². The maximum atomic E-state index is 13.1. The lowest BCUT2D eigenvalue weighted by atomic mass is 9.95. The van der Waals surface area contributed by atoms with Crippen molar-refractivity contribution >= 4 is 37.9 Å². The van der Waals surface area contributed by atoms with Crippen LogP contribution < -0.4 is 15.2 Å². The van der Waals surface area contributed by atoms with Crippen molar-refractivity contribution < 1.29 is 19.1 Å². The van der Waals surface area contributed by atoms with Crippen molar-refractivity contribution in [2.75, 3.05) is 25.5 Å². The fourth-order valence-electron chi connectivity index (χ4n) is 3.66. The Balaban J connectivity index is 1.58. The topological polar surface area (TPSA) is 98.7 Å². The minimum absolute atomic E-state index is 0.120. The van der Waals surface area contributed by atoms with E-state index in [1.807, 2.05) is 36.4 Å². The zero-order valence-electron chi connectivity index (χ0n) is 16.0. The normalized spacial score (nSPS) is 20.1. The van der Waals surface area contributed by atoms with E-state index < -0.39 is 0 Å². The van der Waals surface area contributed by atoms with Gasteiger partial charge in [0.1, 0.15) is 17.8 Å². The molecule has 2 aromatic carbocycles. The number of nitrogens with two attached hydrogens (primary N) is 1. The van der Waals surface area contributed by atoms with Crippen molar-refractivity contribution in [2.24, 2.45) is 10.3 Å². The number of nitrogens with zero attached hydrogens (tertiary/aromatic N) is 3. The lowest BCUT2D eigenvalue weighted by Crippen LogP contribution is -2.34. The Morgan fingerprint density at radius 3 is 2.57 bits per heavy atom. The Bertz CT molecular complexity index is 1070. The molecule has 3 aliphatic heterocycles. The molecule has 2 N–H and O–H groups in total. The monoisotopic (exact) mass is 470 g/mol. The average Bonchev–Trinajstić information content (AvgIpc) is 3.10. The van der Waals surface area contributed by atoms with Gasteiger partial charge < -0.3 is 20.0 Å². The van der Waals surface area contributed by atoms with Gasteiger partial charge in [-0.1, -0.05) is 17.3 Å². The third-order valence-electron chi connectivity index (χ3n) is 5.13. The Hall–Kier alpha value is -3.07. The van der Waals surface area contributed by atoms with Crippen molar-refractivity contribution in [3.8, 4) is 11.5 Å². The van der Waals surface area contributed by atoms with Crippen molar-refractivity contribution in [1.29, 1.82) is 0 Å². The van der Waals surface area contributed by atoms with Gasteiger partial charge in [0, 0.05) is 23.2 Å². The summed E-state index contributed by atoms with van der Waals surface area (Å²) in [6, 6.07) is 11.2. The third kappa shape index (κ3) is 3.60. The number of hydrazone groups is 1. The summed E-state index contributed by atoms with van der Waals surface area (Å²) in [5, 5.41) is 10.1. The molecule has 3 heterocycles. The number of carbonyl (C=O) groups is 1. The summed E-state index contributed by atoms with van der Waals surface area (Å²) in [7, 11) is 0. The lowest BCUT2D eigenvalue weighted by molar-refractivity contribution is -0.132. The molecule has 9 heteroatoms. The predicted molar refractivity (Wildman–Crippen MR) is 115 cm³/mol. The molecule has 0 fully saturated rings. The first kappa shape index (κ1) is 18.9. The van der Waals surface area contributed by atoms with Crippen molar-refractivity contribution in [3.05, 3.63) is 53.1 Å². The van der Waals surface area contributed by atoms with E-state index in [-0.39, 0.29) is 18.4 Å². The number of amides is 1. The molecule has 3 aliphatic rings. The van der Waals surface area contributed by atoms with Crippen LogP contribution in [0.2, 0.25) is 0 Å². The van der Waals surface area contributed by atoms with Gasteiger partial charge >= 0.3 is 0 Å². The molecule has 0 aliphatic carbocycles. The second-order valence-electron chi connectivity index (χ2n) is 7.28. The Morgan fingerprint density at radius 2 is 1.87 bits per heavy atom. The Labute approximate surface area is 181 Å². The highest BCUT2D eigenvalue weighted by atomic mass is 79.9. The van der Waals surface area contributed by atoms with Gasteiger partial charge in [0.15, 0.2) is 17.6 Å². The van der Waals surface area contributed by atoms with Crippen LogP contribution in [-0.4, -0.2) is 47.1 Å². The van der Waals surface area contributed by atoms with E-state index in [0.717, 1.165) is 21.3 Å². The Morgan fingerprint density at radius 1 is 1.13 bits per heavy atom. The molecule has 2 aromatic rings. The van der Waals surface area contributed by atoms with Gasteiger partial charge in [-0.3, -0.25) is 4.79 Å². The fraction of sp³-hybridized carbons (Fsp3) is 0.286. The van der Waals surface area contributed by atoms with E-state index in [4.69, 9.17) is 25.1 Å². The number of nitrogen functional groups attached to an aromatic ring is 1. The van der Waals surface area contributed by atoms with Gasteiger partial charge in [-0.05, 0) is 45.8 Å². The van der Waals surface area contributed by atoms with Crippen LogP contribution in [0.4, 0.5) is 5.69 Å². The van der Waals surface area contributed by atoms with Crippen molar-refractivity contribution in [1.82, 2.24) is 5.01 Å². The minimum atomic E-state index is -0.249. The first-order valence-electron chi connectivity index (χ1n) is 9.63. The van der Waals surface area contributed by atoms with Crippen LogP contribution in [0.3, 0.4) is 0 Å². The minimum Gasteiger partial charge on any atom is -0.486 e. The maximum absolute atomic E-state index is 13.1. The second kappa shape index (κ2) is 7.64. The maximum Gasteiger partial charge on any atom is 0.247 e. The molecule has 0 saturated heterocycles. The average molecular weight is 471 g/mol. The molecule has 0 spiro atoms. The second-order valence-corrected chi connectivity index (χ2v) is 8.19. The van der Waals surface area contributed by atoms with Crippen LogP contribution in [0.1, 0.15) is 23.1 Å². The zero-order valence-corrected chi connectivity index (χ0v) is 17.6. The lowest BCUT2D eigenvalue weighted by Gasteiger charge is -2.21. The van der Waals surface area contributed by atoms with Crippen LogP contribution in [0, 0.1) is 0 Å². The van der Waals surface area contributed by atoms with Crippen LogP contribution >= 0.6 is 15.9 Å². The number of fused-ring (bicyclic) bond motifs is 2. The first-order chi connectivity index (χ1) is 14.6. The summed E-state index contributed by atoms with van der Waals surface area (Å²) in [6.07, 6.45) is 0.545. The number of carbonyl (C=O) groups excluding carboxylic acids is 1. The molecule has 0 saturated carbocycles. The molecule has 1 unspecified atom stereocenters. The molecule has 0 radical (unpaired) electrons. The smallest absolute Gasteiger partial charge is 0.247 e. The van der Waals surface area contributed by atoms with Crippen molar-refractivity contribution in [3.63, 3.8) is 0 Å². The number of halogens is 1. The predicted octanol–water partition coefficient (Wildman–Crippen LogP) is 2.67. The van der Waals surface area contributed by atoms with Crippen LogP contribution in [0.25, 0.3) is 0 Å². The summed E-state index contributed by atoms with van der Waals surface area (Å²) in [4.78, 5) is 18.5. The van der Waals surface area contributed by atoms with Crippen LogP contribution in [-0.2, 0) is 16.1 Å². The highest BCUT2D eigenvalue weighted by molar-refractivity contribution is 9.18. The number of hydrogen-bond acceptors (Lipinski definition) is 7. The highest BCUT2D eigenvalue weighted by Crippen LogP contribution is 2.36. The van der Waals surface area contributed by atoms with E-state index in [2.05, 4.69) is 21.1 Å². The van der Waals surface area contributed by atoms with E-state index in [1.165, 1.54) is 5.01 Å². The fourth-order valence-corrected chi connectivity index (χ4v) is 4.11. The molecule has 1 amide bonds.